The Balaban J connectivity index is 0.00000121. The van der Waals surface area contributed by atoms with Crippen LogP contribution in [0.5, 0.6) is 0 Å². The zero-order valence-electron chi connectivity index (χ0n) is 5.88. The first-order chi connectivity index (χ1) is 4.90. The third-order valence-corrected chi connectivity index (χ3v) is 1.69. The van der Waals surface area contributed by atoms with Gasteiger partial charge >= 0.3 is 11.9 Å². The fourth-order valence-electron chi connectivity index (χ4n) is 0.783. The molecule has 0 spiro atoms. The molecule has 1 heterocycles. The SMILES string of the molecule is Cl.O=C(O)C(F)(F)C1(O)CNC1. The summed E-state index contributed by atoms with van der Waals surface area (Å²) in [6.45, 7) is -0.765. The molecule has 0 aromatic rings. The van der Waals surface area contributed by atoms with Crippen LogP contribution in [-0.2, 0) is 4.79 Å². The Labute approximate surface area is 73.0 Å². The molecule has 72 valence electrons. The zero-order valence-corrected chi connectivity index (χ0v) is 6.70. The molecule has 0 unspecified atom stereocenters. The van der Waals surface area contributed by atoms with Gasteiger partial charge in [0.1, 0.15) is 0 Å². The van der Waals surface area contributed by atoms with E-state index in [2.05, 4.69) is 5.32 Å². The van der Waals surface area contributed by atoms with Crippen LogP contribution in [0.2, 0.25) is 0 Å². The van der Waals surface area contributed by atoms with Crippen molar-refractivity contribution in [2.24, 2.45) is 0 Å². The van der Waals surface area contributed by atoms with Crippen LogP contribution in [0, 0.1) is 0 Å². The van der Waals surface area contributed by atoms with E-state index in [9.17, 15) is 13.6 Å². The van der Waals surface area contributed by atoms with Crippen molar-refractivity contribution in [2.75, 3.05) is 13.1 Å². The van der Waals surface area contributed by atoms with Crippen LogP contribution in [-0.4, -0.2) is 40.8 Å². The highest BCUT2D eigenvalue weighted by molar-refractivity contribution is 5.85. The summed E-state index contributed by atoms with van der Waals surface area (Å²) in [5.74, 6) is -6.35. The first-order valence-corrected chi connectivity index (χ1v) is 2.94. The average molecular weight is 204 g/mol. The molecule has 3 N–H and O–H groups in total. The Morgan fingerprint density at radius 3 is 2.00 bits per heavy atom. The molecule has 7 heteroatoms. The Hall–Kier alpha value is -0.460. The van der Waals surface area contributed by atoms with Gasteiger partial charge in [0, 0.05) is 13.1 Å². The van der Waals surface area contributed by atoms with Crippen LogP contribution in [0.1, 0.15) is 0 Å². The molecule has 0 atom stereocenters. The lowest BCUT2D eigenvalue weighted by Crippen LogP contribution is -2.71. The molecule has 0 aromatic carbocycles. The van der Waals surface area contributed by atoms with Gasteiger partial charge in [0.2, 0.25) is 0 Å². The van der Waals surface area contributed by atoms with Gasteiger partial charge in [0.25, 0.3) is 0 Å². The quantitative estimate of drug-likeness (QED) is 0.564. The van der Waals surface area contributed by atoms with Crippen LogP contribution in [0.3, 0.4) is 0 Å². The maximum Gasteiger partial charge on any atom is 0.377 e. The number of halogens is 3. The normalized spacial score (nSPS) is 20.6. The van der Waals surface area contributed by atoms with Crippen LogP contribution in [0.15, 0.2) is 0 Å². The minimum Gasteiger partial charge on any atom is -0.477 e. The molecule has 0 aliphatic carbocycles. The van der Waals surface area contributed by atoms with Crippen molar-refractivity contribution in [3.63, 3.8) is 0 Å². The first-order valence-electron chi connectivity index (χ1n) is 2.94. The lowest BCUT2D eigenvalue weighted by molar-refractivity contribution is -0.219. The molecular formula is C5H8ClF2NO3. The molecule has 0 saturated carbocycles. The second-order valence-corrected chi connectivity index (χ2v) is 2.51. The van der Waals surface area contributed by atoms with Gasteiger partial charge in [0.15, 0.2) is 5.60 Å². The second kappa shape index (κ2) is 3.12. The molecule has 1 fully saturated rings. The van der Waals surface area contributed by atoms with E-state index in [1.807, 2.05) is 0 Å². The third kappa shape index (κ3) is 1.37. The predicted octanol–water partition coefficient (Wildman–Crippen LogP) is -0.538. The molecule has 12 heavy (non-hydrogen) atoms. The number of hydrogen-bond donors (Lipinski definition) is 3. The van der Waals surface area contributed by atoms with E-state index in [1.54, 1.807) is 0 Å². The first kappa shape index (κ1) is 11.5. The lowest BCUT2D eigenvalue weighted by Gasteiger charge is -2.40. The van der Waals surface area contributed by atoms with Crippen molar-refractivity contribution in [3.8, 4) is 0 Å². The standard InChI is InChI=1S/C5H7F2NO3.ClH/c6-5(7,3(9)10)4(11)1-8-2-4;/h8,11H,1-2H2,(H,9,10);1H. The van der Waals surface area contributed by atoms with Crippen molar-refractivity contribution in [1.82, 2.24) is 5.32 Å². The number of carboxylic acid groups (broad SMARTS) is 1. The third-order valence-electron chi connectivity index (χ3n) is 1.69. The topological polar surface area (TPSA) is 69.6 Å². The highest BCUT2D eigenvalue weighted by Crippen LogP contribution is 2.31. The van der Waals surface area contributed by atoms with Crippen LogP contribution in [0.4, 0.5) is 8.78 Å². The smallest absolute Gasteiger partial charge is 0.377 e. The zero-order chi connectivity index (χ0) is 8.70. The highest BCUT2D eigenvalue weighted by atomic mass is 35.5. The number of β-amino-alcohol motifs (C(OH)–C–C–N with tert-alkyl or cyclic N) is 1. The molecule has 4 nitrogen and oxygen atoms in total. The van der Waals surface area contributed by atoms with E-state index in [0.29, 0.717) is 0 Å². The van der Waals surface area contributed by atoms with Crippen molar-refractivity contribution in [3.05, 3.63) is 0 Å². The largest absolute Gasteiger partial charge is 0.477 e. The number of carboxylic acids is 1. The molecule has 1 saturated heterocycles. The summed E-state index contributed by atoms with van der Waals surface area (Å²) in [4.78, 5) is 9.92. The Morgan fingerprint density at radius 2 is 1.92 bits per heavy atom. The van der Waals surface area contributed by atoms with E-state index in [-0.39, 0.29) is 25.5 Å². The van der Waals surface area contributed by atoms with Crippen molar-refractivity contribution < 1.29 is 23.8 Å². The highest BCUT2D eigenvalue weighted by Gasteiger charge is 2.62. The minimum absolute atomic E-state index is 0. The number of alkyl halides is 2. The summed E-state index contributed by atoms with van der Waals surface area (Å²) in [6, 6.07) is 0. The minimum atomic E-state index is -4.06. The Kier molecular flexibility index (Phi) is 3.00. The number of nitrogens with one attached hydrogen (secondary N) is 1. The molecular weight excluding hydrogens is 196 g/mol. The molecule has 1 rings (SSSR count). The van der Waals surface area contributed by atoms with Gasteiger partial charge in [-0.1, -0.05) is 0 Å². The molecule has 0 aromatic heterocycles. The summed E-state index contributed by atoms with van der Waals surface area (Å²) >= 11 is 0. The fourth-order valence-corrected chi connectivity index (χ4v) is 0.783. The van der Waals surface area contributed by atoms with Gasteiger partial charge in [-0.15, -0.1) is 12.4 Å². The van der Waals surface area contributed by atoms with Gasteiger partial charge in [-0.25, -0.2) is 4.79 Å². The van der Waals surface area contributed by atoms with Crippen LogP contribution >= 0.6 is 12.4 Å². The van der Waals surface area contributed by atoms with Gasteiger partial charge in [-0.3, -0.25) is 0 Å². The van der Waals surface area contributed by atoms with Gasteiger partial charge < -0.3 is 15.5 Å². The van der Waals surface area contributed by atoms with E-state index < -0.39 is 17.5 Å². The fraction of sp³-hybridized carbons (Fsp3) is 0.800. The summed E-state index contributed by atoms with van der Waals surface area (Å²) in [5.41, 5.74) is -2.40. The summed E-state index contributed by atoms with van der Waals surface area (Å²) in [6.07, 6.45) is 0. The van der Waals surface area contributed by atoms with E-state index in [1.165, 1.54) is 0 Å². The summed E-state index contributed by atoms with van der Waals surface area (Å²) in [7, 11) is 0. The molecule has 0 amide bonds. The Bertz CT molecular complexity index is 195. The number of rotatable bonds is 2. The van der Waals surface area contributed by atoms with Crippen molar-refractivity contribution in [1.29, 1.82) is 0 Å². The second-order valence-electron chi connectivity index (χ2n) is 2.51. The number of aliphatic carboxylic acids is 1. The molecule has 1 aliphatic rings. The monoisotopic (exact) mass is 203 g/mol. The van der Waals surface area contributed by atoms with Gasteiger partial charge in [-0.05, 0) is 0 Å². The molecule has 1 aliphatic heterocycles. The number of aliphatic hydroxyl groups is 1. The van der Waals surface area contributed by atoms with E-state index in [4.69, 9.17) is 10.2 Å². The van der Waals surface area contributed by atoms with Crippen molar-refractivity contribution >= 4 is 18.4 Å². The van der Waals surface area contributed by atoms with Crippen LogP contribution < -0.4 is 5.32 Å². The molecule has 0 bridgehead atoms. The van der Waals surface area contributed by atoms with Gasteiger partial charge in [0.05, 0.1) is 0 Å². The van der Waals surface area contributed by atoms with Gasteiger partial charge in [-0.2, -0.15) is 8.78 Å². The molecule has 0 radical (unpaired) electrons. The van der Waals surface area contributed by atoms with Crippen LogP contribution in [0.25, 0.3) is 0 Å². The maximum atomic E-state index is 12.5. The number of hydrogen-bond acceptors (Lipinski definition) is 3. The number of carbonyl (C=O) groups is 1. The lowest BCUT2D eigenvalue weighted by atomic mass is 9.89. The average Bonchev–Trinajstić information content (AvgIpc) is 1.82. The predicted molar refractivity (Wildman–Crippen MR) is 37.7 cm³/mol. The van der Waals surface area contributed by atoms with Crippen molar-refractivity contribution in [2.45, 2.75) is 11.5 Å². The van der Waals surface area contributed by atoms with E-state index >= 15 is 0 Å². The Morgan fingerprint density at radius 1 is 1.50 bits per heavy atom. The van der Waals surface area contributed by atoms with E-state index in [0.717, 1.165) is 0 Å². The summed E-state index contributed by atoms with van der Waals surface area (Å²) < 4.78 is 25.0. The maximum absolute atomic E-state index is 12.5. The summed E-state index contributed by atoms with van der Waals surface area (Å²) in [5, 5.41) is 19.3.